The van der Waals surface area contributed by atoms with Gasteiger partial charge in [0.05, 0.1) is 0 Å². The van der Waals surface area contributed by atoms with Crippen LogP contribution in [0.3, 0.4) is 0 Å². The van der Waals surface area contributed by atoms with Crippen molar-refractivity contribution in [2.45, 2.75) is 45.6 Å². The Kier molecular flexibility index (Phi) is 3.74. The smallest absolute Gasteiger partial charge is 0.00448 e. The van der Waals surface area contributed by atoms with Crippen molar-refractivity contribution in [3.63, 3.8) is 0 Å². The standard InChI is InChI=1S/C9H18N2.C2H6/c1-11-5-4-9(7-11)3-2-8(10)6-9;1-2/h8H,2-7,10H2,1H3;1-2H3/t8?,9-;/m0./s1. The molecular weight excluding hydrogens is 160 g/mol. The third kappa shape index (κ3) is 2.44. The van der Waals surface area contributed by atoms with E-state index in [2.05, 4.69) is 11.9 Å². The first kappa shape index (κ1) is 11.0. The van der Waals surface area contributed by atoms with Crippen LogP contribution in [0.1, 0.15) is 39.5 Å². The fraction of sp³-hybridized carbons (Fsp3) is 1.00. The van der Waals surface area contributed by atoms with Crippen LogP contribution in [0.4, 0.5) is 0 Å². The van der Waals surface area contributed by atoms with Gasteiger partial charge >= 0.3 is 0 Å². The van der Waals surface area contributed by atoms with E-state index < -0.39 is 0 Å². The normalized spacial score (nSPS) is 39.2. The van der Waals surface area contributed by atoms with Gasteiger partial charge in [-0.2, -0.15) is 0 Å². The van der Waals surface area contributed by atoms with Gasteiger partial charge in [0.1, 0.15) is 0 Å². The van der Waals surface area contributed by atoms with Crippen molar-refractivity contribution >= 4 is 0 Å². The number of rotatable bonds is 0. The van der Waals surface area contributed by atoms with Crippen LogP contribution >= 0.6 is 0 Å². The summed E-state index contributed by atoms with van der Waals surface area (Å²) in [4.78, 5) is 2.44. The summed E-state index contributed by atoms with van der Waals surface area (Å²) in [7, 11) is 2.22. The third-order valence-electron chi connectivity index (χ3n) is 3.37. The predicted octanol–water partition coefficient (Wildman–Crippen LogP) is 1.85. The lowest BCUT2D eigenvalue weighted by molar-refractivity contribution is 0.286. The monoisotopic (exact) mass is 184 g/mol. The van der Waals surface area contributed by atoms with Crippen LogP contribution in [-0.2, 0) is 0 Å². The van der Waals surface area contributed by atoms with Crippen LogP contribution in [-0.4, -0.2) is 31.1 Å². The van der Waals surface area contributed by atoms with Crippen molar-refractivity contribution in [3.05, 3.63) is 0 Å². The molecule has 2 fully saturated rings. The molecule has 2 N–H and O–H groups in total. The van der Waals surface area contributed by atoms with Gasteiger partial charge in [-0.05, 0) is 44.7 Å². The van der Waals surface area contributed by atoms with Crippen molar-refractivity contribution in [3.8, 4) is 0 Å². The Morgan fingerprint density at radius 3 is 2.38 bits per heavy atom. The van der Waals surface area contributed by atoms with Crippen LogP contribution in [0.15, 0.2) is 0 Å². The van der Waals surface area contributed by atoms with Gasteiger partial charge in [0.15, 0.2) is 0 Å². The fourth-order valence-electron chi connectivity index (χ4n) is 2.78. The highest BCUT2D eigenvalue weighted by atomic mass is 15.1. The van der Waals surface area contributed by atoms with Gasteiger partial charge in [-0.3, -0.25) is 0 Å². The molecule has 2 aliphatic rings. The lowest BCUT2D eigenvalue weighted by Gasteiger charge is -2.22. The zero-order valence-corrected chi connectivity index (χ0v) is 9.34. The van der Waals surface area contributed by atoms with Gasteiger partial charge in [-0.15, -0.1) is 0 Å². The van der Waals surface area contributed by atoms with Crippen LogP contribution in [0.5, 0.6) is 0 Å². The summed E-state index contributed by atoms with van der Waals surface area (Å²) >= 11 is 0. The highest BCUT2D eigenvalue weighted by Gasteiger charge is 2.41. The summed E-state index contributed by atoms with van der Waals surface area (Å²) in [6, 6.07) is 0.501. The van der Waals surface area contributed by atoms with Gasteiger partial charge in [0.2, 0.25) is 0 Å². The molecule has 2 rings (SSSR count). The molecule has 0 aromatic rings. The van der Waals surface area contributed by atoms with E-state index in [9.17, 15) is 0 Å². The zero-order valence-electron chi connectivity index (χ0n) is 9.34. The zero-order chi connectivity index (χ0) is 9.90. The number of hydrogen-bond acceptors (Lipinski definition) is 2. The Hall–Kier alpha value is -0.0800. The first-order chi connectivity index (χ1) is 6.20. The van der Waals surface area contributed by atoms with Gasteiger partial charge < -0.3 is 10.6 Å². The molecule has 1 saturated carbocycles. The molecule has 1 aliphatic carbocycles. The molecular formula is C11H24N2. The average Bonchev–Trinajstić information content (AvgIpc) is 2.65. The second-order valence-corrected chi connectivity index (χ2v) is 4.49. The largest absolute Gasteiger partial charge is 0.328 e. The summed E-state index contributed by atoms with van der Waals surface area (Å²) in [6.45, 7) is 6.58. The SMILES string of the molecule is CC.CN1CC[C@]2(CCC(N)C2)C1. The second kappa shape index (κ2) is 4.43. The summed E-state index contributed by atoms with van der Waals surface area (Å²) in [6.07, 6.45) is 5.29. The van der Waals surface area contributed by atoms with E-state index in [1.54, 1.807) is 0 Å². The summed E-state index contributed by atoms with van der Waals surface area (Å²) in [5, 5.41) is 0. The molecule has 78 valence electrons. The molecule has 13 heavy (non-hydrogen) atoms. The van der Waals surface area contributed by atoms with E-state index >= 15 is 0 Å². The molecule has 2 nitrogen and oxygen atoms in total. The Balaban J connectivity index is 0.000000396. The van der Waals surface area contributed by atoms with Crippen LogP contribution in [0.2, 0.25) is 0 Å². The minimum absolute atomic E-state index is 0.501. The van der Waals surface area contributed by atoms with Gasteiger partial charge in [0.25, 0.3) is 0 Å². The van der Waals surface area contributed by atoms with Gasteiger partial charge in [0, 0.05) is 12.6 Å². The second-order valence-electron chi connectivity index (χ2n) is 4.49. The first-order valence-electron chi connectivity index (χ1n) is 5.64. The van der Waals surface area contributed by atoms with E-state index in [0.717, 1.165) is 0 Å². The van der Waals surface area contributed by atoms with Crippen LogP contribution in [0, 0.1) is 5.41 Å². The summed E-state index contributed by atoms with van der Waals surface area (Å²) in [5.74, 6) is 0. The van der Waals surface area contributed by atoms with Crippen molar-refractivity contribution in [2.75, 3.05) is 20.1 Å². The van der Waals surface area contributed by atoms with Crippen molar-refractivity contribution in [1.82, 2.24) is 4.90 Å². The third-order valence-corrected chi connectivity index (χ3v) is 3.37. The molecule has 0 aromatic carbocycles. The molecule has 2 heteroatoms. The Labute approximate surface area is 82.5 Å². The molecule has 0 bridgehead atoms. The van der Waals surface area contributed by atoms with E-state index in [1.165, 1.54) is 38.8 Å². The van der Waals surface area contributed by atoms with E-state index in [4.69, 9.17) is 5.73 Å². The van der Waals surface area contributed by atoms with E-state index in [0.29, 0.717) is 11.5 Å². The minimum atomic E-state index is 0.501. The molecule has 1 spiro atoms. The maximum Gasteiger partial charge on any atom is 0.00448 e. The fourth-order valence-corrected chi connectivity index (χ4v) is 2.78. The quantitative estimate of drug-likeness (QED) is 0.622. The predicted molar refractivity (Wildman–Crippen MR) is 57.7 cm³/mol. The summed E-state index contributed by atoms with van der Waals surface area (Å²) < 4.78 is 0. The van der Waals surface area contributed by atoms with E-state index in [-0.39, 0.29) is 0 Å². The molecule has 1 unspecified atom stereocenters. The Bertz CT molecular complexity index is 138. The highest BCUT2D eigenvalue weighted by molar-refractivity contribution is 4.96. The Morgan fingerprint density at radius 2 is 2.00 bits per heavy atom. The maximum absolute atomic E-state index is 5.92. The molecule has 0 radical (unpaired) electrons. The van der Waals surface area contributed by atoms with Crippen molar-refractivity contribution in [2.24, 2.45) is 11.1 Å². The van der Waals surface area contributed by atoms with Crippen molar-refractivity contribution in [1.29, 1.82) is 0 Å². The molecule has 2 atom stereocenters. The van der Waals surface area contributed by atoms with E-state index in [1.807, 2.05) is 13.8 Å². The lowest BCUT2D eigenvalue weighted by atomic mass is 9.85. The summed E-state index contributed by atoms with van der Waals surface area (Å²) in [5.41, 5.74) is 6.55. The molecule has 1 saturated heterocycles. The molecule has 0 aromatic heterocycles. The number of nitrogens with zero attached hydrogens (tertiary/aromatic N) is 1. The first-order valence-corrected chi connectivity index (χ1v) is 5.64. The highest BCUT2D eigenvalue weighted by Crippen LogP contribution is 2.44. The van der Waals surface area contributed by atoms with Gasteiger partial charge in [-0.1, -0.05) is 13.8 Å². The molecule has 1 heterocycles. The van der Waals surface area contributed by atoms with Crippen LogP contribution < -0.4 is 5.73 Å². The number of nitrogens with two attached hydrogens (primary N) is 1. The van der Waals surface area contributed by atoms with Crippen LogP contribution in [0.25, 0.3) is 0 Å². The van der Waals surface area contributed by atoms with Crippen molar-refractivity contribution < 1.29 is 0 Å². The number of hydrogen-bond donors (Lipinski definition) is 1. The Morgan fingerprint density at radius 1 is 1.31 bits per heavy atom. The van der Waals surface area contributed by atoms with Gasteiger partial charge in [-0.25, -0.2) is 0 Å². The topological polar surface area (TPSA) is 29.3 Å². The average molecular weight is 184 g/mol. The lowest BCUT2D eigenvalue weighted by Crippen LogP contribution is -2.24. The minimum Gasteiger partial charge on any atom is -0.328 e. The number of likely N-dealkylation sites (tertiary alicyclic amines) is 1. The maximum atomic E-state index is 5.92. The molecule has 0 amide bonds. The molecule has 1 aliphatic heterocycles.